The summed E-state index contributed by atoms with van der Waals surface area (Å²) in [5.74, 6) is -2.78. The quantitative estimate of drug-likeness (QED) is 0.559. The third-order valence-electron chi connectivity index (χ3n) is 4.47. The maximum absolute atomic E-state index is 13.0. The summed E-state index contributed by atoms with van der Waals surface area (Å²) in [4.78, 5) is 49.4. The predicted octanol–water partition coefficient (Wildman–Crippen LogP) is 3.09. The Morgan fingerprint density at radius 2 is 1.87 bits per heavy atom. The van der Waals surface area contributed by atoms with Crippen LogP contribution in [0.5, 0.6) is 5.75 Å². The zero-order valence-electron chi connectivity index (χ0n) is 16.1. The van der Waals surface area contributed by atoms with Crippen molar-refractivity contribution in [1.29, 1.82) is 0 Å². The number of imide groups is 2. The molecule has 0 radical (unpaired) electrons. The Hall–Kier alpha value is -3.65. The van der Waals surface area contributed by atoms with Gasteiger partial charge in [-0.2, -0.15) is 0 Å². The molecule has 0 aromatic heterocycles. The second kappa shape index (κ2) is 8.38. The molecule has 2 aromatic carbocycles. The van der Waals surface area contributed by atoms with E-state index < -0.39 is 30.4 Å². The van der Waals surface area contributed by atoms with Crippen molar-refractivity contribution in [3.05, 3.63) is 63.7 Å². The number of amides is 4. The Kier molecular flexibility index (Phi) is 5.89. The number of rotatable bonds is 5. The molecule has 0 spiro atoms. The number of anilines is 1. The second-order valence-corrected chi connectivity index (χ2v) is 7.03. The van der Waals surface area contributed by atoms with Crippen molar-refractivity contribution in [3.8, 4) is 5.75 Å². The number of aryl methyl sites for hydroxylation is 2. The molecule has 2 N–H and O–H groups in total. The number of hydrogen-bond acceptors (Lipinski definition) is 5. The molecular formula is C21H17ClN2O6. The summed E-state index contributed by atoms with van der Waals surface area (Å²) in [6, 6.07) is 8.50. The normalized spacial score (nSPS) is 15.4. The summed E-state index contributed by atoms with van der Waals surface area (Å²) in [5.41, 5.74) is 2.06. The number of barbiturate groups is 1. The molecular weight excluding hydrogens is 412 g/mol. The SMILES string of the molecule is Cc1ccc(N2C(=O)NC(=O)/C(=C\c3cc(Cl)ccc3OCC(=O)O)C2=O)cc1C. The lowest BCUT2D eigenvalue weighted by Gasteiger charge is -2.27. The minimum absolute atomic E-state index is 0.115. The molecule has 0 bridgehead atoms. The summed E-state index contributed by atoms with van der Waals surface area (Å²) in [5, 5.41) is 11.3. The molecule has 0 saturated carbocycles. The van der Waals surface area contributed by atoms with Crippen molar-refractivity contribution in [2.75, 3.05) is 11.5 Å². The van der Waals surface area contributed by atoms with E-state index in [1.807, 2.05) is 13.8 Å². The standard InChI is InChI=1S/C21H17ClN2O6/c1-11-3-5-15(7-12(11)2)24-20(28)16(19(27)23-21(24)29)9-13-8-14(22)4-6-17(13)30-10-18(25)26/h3-9H,10H2,1-2H3,(H,25,26)(H,23,27,29)/b16-9+. The first-order valence-corrected chi connectivity index (χ1v) is 9.18. The number of carboxylic acid groups (broad SMARTS) is 1. The van der Waals surface area contributed by atoms with Crippen LogP contribution in [-0.4, -0.2) is 35.5 Å². The van der Waals surface area contributed by atoms with Crippen LogP contribution in [0.4, 0.5) is 10.5 Å². The first kappa shape index (κ1) is 21.1. The highest BCUT2D eigenvalue weighted by Crippen LogP contribution is 2.28. The Bertz CT molecular complexity index is 1110. The molecule has 0 unspecified atom stereocenters. The molecule has 1 fully saturated rings. The molecule has 4 amide bonds. The van der Waals surface area contributed by atoms with Crippen molar-refractivity contribution >= 4 is 47.2 Å². The van der Waals surface area contributed by atoms with Gasteiger partial charge >= 0.3 is 12.0 Å². The van der Waals surface area contributed by atoms with Gasteiger partial charge in [0.1, 0.15) is 11.3 Å². The predicted molar refractivity (Wildman–Crippen MR) is 110 cm³/mol. The Morgan fingerprint density at radius 1 is 1.13 bits per heavy atom. The third kappa shape index (κ3) is 4.33. The zero-order chi connectivity index (χ0) is 22.0. The number of benzene rings is 2. The van der Waals surface area contributed by atoms with Gasteiger partial charge in [-0.3, -0.25) is 14.9 Å². The maximum atomic E-state index is 13.0. The number of nitrogens with one attached hydrogen (secondary N) is 1. The van der Waals surface area contributed by atoms with Gasteiger partial charge in [-0.05, 0) is 61.4 Å². The van der Waals surface area contributed by atoms with E-state index in [4.69, 9.17) is 21.4 Å². The highest BCUT2D eigenvalue weighted by molar-refractivity contribution is 6.39. The number of carboxylic acids is 1. The van der Waals surface area contributed by atoms with E-state index in [-0.39, 0.29) is 21.9 Å². The van der Waals surface area contributed by atoms with Crippen molar-refractivity contribution in [2.24, 2.45) is 0 Å². The Morgan fingerprint density at radius 3 is 2.53 bits per heavy atom. The van der Waals surface area contributed by atoms with Crippen LogP contribution in [0.15, 0.2) is 42.0 Å². The Balaban J connectivity index is 2.03. The Labute approximate surface area is 176 Å². The van der Waals surface area contributed by atoms with Crippen molar-refractivity contribution < 1.29 is 29.0 Å². The van der Waals surface area contributed by atoms with E-state index in [1.165, 1.54) is 24.3 Å². The van der Waals surface area contributed by atoms with E-state index in [0.717, 1.165) is 16.0 Å². The molecule has 1 aliphatic rings. The zero-order valence-corrected chi connectivity index (χ0v) is 16.8. The second-order valence-electron chi connectivity index (χ2n) is 6.59. The number of aliphatic carboxylic acids is 1. The van der Waals surface area contributed by atoms with Gasteiger partial charge in [-0.25, -0.2) is 14.5 Å². The van der Waals surface area contributed by atoms with Crippen molar-refractivity contribution in [3.63, 3.8) is 0 Å². The minimum Gasteiger partial charge on any atom is -0.481 e. The lowest BCUT2D eigenvalue weighted by atomic mass is 10.0. The van der Waals surface area contributed by atoms with Crippen LogP contribution in [0.1, 0.15) is 16.7 Å². The first-order valence-electron chi connectivity index (χ1n) is 8.80. The van der Waals surface area contributed by atoms with Crippen LogP contribution in [0.2, 0.25) is 5.02 Å². The summed E-state index contributed by atoms with van der Waals surface area (Å²) >= 11 is 6.00. The smallest absolute Gasteiger partial charge is 0.341 e. The number of nitrogens with zero attached hydrogens (tertiary/aromatic N) is 1. The number of carbonyl (C=O) groups excluding carboxylic acids is 3. The van der Waals surface area contributed by atoms with Crippen molar-refractivity contribution in [2.45, 2.75) is 13.8 Å². The van der Waals surface area contributed by atoms with Gasteiger partial charge < -0.3 is 9.84 Å². The van der Waals surface area contributed by atoms with Gasteiger partial charge in [0.25, 0.3) is 11.8 Å². The van der Waals surface area contributed by atoms with Crippen LogP contribution in [0.25, 0.3) is 6.08 Å². The van der Waals surface area contributed by atoms with Gasteiger partial charge in [0, 0.05) is 10.6 Å². The first-order chi connectivity index (χ1) is 14.2. The molecule has 0 aliphatic carbocycles. The van der Waals surface area contributed by atoms with Crippen LogP contribution in [0, 0.1) is 13.8 Å². The van der Waals surface area contributed by atoms with E-state index in [1.54, 1.807) is 18.2 Å². The maximum Gasteiger partial charge on any atom is 0.341 e. The van der Waals surface area contributed by atoms with E-state index in [0.29, 0.717) is 5.69 Å². The molecule has 3 rings (SSSR count). The molecule has 1 aliphatic heterocycles. The van der Waals surface area contributed by atoms with Gasteiger partial charge in [-0.15, -0.1) is 0 Å². The molecule has 0 atom stereocenters. The molecule has 9 heteroatoms. The molecule has 30 heavy (non-hydrogen) atoms. The largest absolute Gasteiger partial charge is 0.481 e. The van der Waals surface area contributed by atoms with Gasteiger partial charge in [0.15, 0.2) is 6.61 Å². The van der Waals surface area contributed by atoms with Crippen LogP contribution in [-0.2, 0) is 14.4 Å². The molecule has 2 aromatic rings. The summed E-state index contributed by atoms with van der Waals surface area (Å²) in [6.07, 6.45) is 1.21. The number of urea groups is 1. The highest BCUT2D eigenvalue weighted by Gasteiger charge is 2.37. The topological polar surface area (TPSA) is 113 Å². The lowest BCUT2D eigenvalue weighted by molar-refractivity contribution is -0.139. The number of carbonyl (C=O) groups is 4. The summed E-state index contributed by atoms with van der Waals surface area (Å²) < 4.78 is 5.20. The fourth-order valence-corrected chi connectivity index (χ4v) is 3.00. The molecule has 8 nitrogen and oxygen atoms in total. The molecule has 1 heterocycles. The van der Waals surface area contributed by atoms with E-state index in [9.17, 15) is 19.2 Å². The van der Waals surface area contributed by atoms with Crippen molar-refractivity contribution in [1.82, 2.24) is 5.32 Å². The van der Waals surface area contributed by atoms with Gasteiger partial charge in [-0.1, -0.05) is 17.7 Å². The fraction of sp³-hybridized carbons (Fsp3) is 0.143. The highest BCUT2D eigenvalue weighted by atomic mass is 35.5. The summed E-state index contributed by atoms with van der Waals surface area (Å²) in [6.45, 7) is 3.11. The number of hydrogen-bond donors (Lipinski definition) is 2. The monoisotopic (exact) mass is 428 g/mol. The van der Waals surface area contributed by atoms with Crippen LogP contribution < -0.4 is 15.0 Å². The fourth-order valence-electron chi connectivity index (χ4n) is 2.82. The average molecular weight is 429 g/mol. The molecule has 1 saturated heterocycles. The minimum atomic E-state index is -1.19. The van der Waals surface area contributed by atoms with E-state index >= 15 is 0 Å². The summed E-state index contributed by atoms with van der Waals surface area (Å²) in [7, 11) is 0. The van der Waals surface area contributed by atoms with E-state index in [2.05, 4.69) is 5.32 Å². The lowest BCUT2D eigenvalue weighted by Crippen LogP contribution is -2.54. The van der Waals surface area contributed by atoms with Gasteiger partial charge in [0.05, 0.1) is 5.69 Å². The van der Waals surface area contributed by atoms with Gasteiger partial charge in [0.2, 0.25) is 0 Å². The third-order valence-corrected chi connectivity index (χ3v) is 4.71. The van der Waals surface area contributed by atoms with Crippen LogP contribution >= 0.6 is 11.6 Å². The molecule has 154 valence electrons. The van der Waals surface area contributed by atoms with Crippen LogP contribution in [0.3, 0.4) is 0 Å². The number of halogens is 1. The average Bonchev–Trinajstić information content (AvgIpc) is 2.67. The number of ether oxygens (including phenoxy) is 1.